The first-order valence-corrected chi connectivity index (χ1v) is 10.2. The maximum atomic E-state index is 12.2. The molecule has 0 saturated carbocycles. The quantitative estimate of drug-likeness (QED) is 0.555. The molecule has 0 aromatic heterocycles. The lowest BCUT2D eigenvalue weighted by Gasteiger charge is -2.14. The number of rotatable bonds is 8. The molecular weight excluding hydrogens is 440 g/mol. The molecule has 0 saturated heterocycles. The topological polar surface area (TPSA) is 59.6 Å². The van der Waals surface area contributed by atoms with Crippen molar-refractivity contribution in [3.8, 4) is 11.5 Å². The Hall–Kier alpha value is -2.12. The third kappa shape index (κ3) is 7.13. The minimum atomic E-state index is -0.259. The third-order valence-electron chi connectivity index (χ3n) is 3.95. The molecule has 0 bridgehead atoms. The highest BCUT2D eigenvalue weighted by Crippen LogP contribution is 2.28. The number of nitrogens with one attached hydrogen (secondary N) is 2. The molecule has 28 heavy (non-hydrogen) atoms. The van der Waals surface area contributed by atoms with E-state index in [0.29, 0.717) is 30.4 Å². The van der Waals surface area contributed by atoms with E-state index in [1.165, 1.54) is 0 Å². The van der Waals surface area contributed by atoms with E-state index in [9.17, 15) is 4.79 Å². The molecule has 2 aromatic carbocycles. The van der Waals surface area contributed by atoms with Crippen LogP contribution in [0.4, 0.5) is 0 Å². The molecule has 0 aliphatic heterocycles. The van der Waals surface area contributed by atoms with E-state index in [0.717, 1.165) is 22.2 Å². The minimum Gasteiger partial charge on any atom is -0.493 e. The Morgan fingerprint density at radius 3 is 2.64 bits per heavy atom. The van der Waals surface area contributed by atoms with Crippen LogP contribution in [-0.2, 0) is 6.54 Å². The van der Waals surface area contributed by atoms with Crippen LogP contribution in [-0.4, -0.2) is 24.7 Å². The number of benzene rings is 2. The first-order chi connectivity index (χ1) is 13.4. The Bertz CT molecular complexity index is 827. The summed E-state index contributed by atoms with van der Waals surface area (Å²) < 4.78 is 12.1. The first kappa shape index (κ1) is 22.2. The van der Waals surface area contributed by atoms with Crippen molar-refractivity contribution in [3.63, 3.8) is 0 Å². The second-order valence-corrected chi connectivity index (χ2v) is 7.99. The van der Waals surface area contributed by atoms with E-state index in [2.05, 4.69) is 40.4 Å². The molecule has 0 unspecified atom stereocenters. The van der Waals surface area contributed by atoms with Crippen molar-refractivity contribution in [2.45, 2.75) is 26.8 Å². The van der Waals surface area contributed by atoms with Crippen molar-refractivity contribution in [2.24, 2.45) is 5.92 Å². The number of carbonyl (C=O) groups is 1. The number of thiocarbonyl (C=S) groups is 1. The fraction of sp³-hybridized carbons (Fsp3) is 0.333. The summed E-state index contributed by atoms with van der Waals surface area (Å²) in [7, 11) is 1.62. The zero-order valence-corrected chi connectivity index (χ0v) is 18.7. The zero-order valence-electron chi connectivity index (χ0n) is 16.3. The van der Waals surface area contributed by atoms with E-state index < -0.39 is 0 Å². The maximum Gasteiger partial charge on any atom is 0.257 e. The number of ether oxygens (including phenoxy) is 2. The third-order valence-corrected chi connectivity index (χ3v) is 4.69. The van der Waals surface area contributed by atoms with Gasteiger partial charge in [0.2, 0.25) is 0 Å². The summed E-state index contributed by atoms with van der Waals surface area (Å²) in [5, 5.41) is 5.98. The van der Waals surface area contributed by atoms with Gasteiger partial charge in [0.05, 0.1) is 13.7 Å². The summed E-state index contributed by atoms with van der Waals surface area (Å²) in [5.41, 5.74) is 1.50. The molecule has 1 amide bonds. The van der Waals surface area contributed by atoms with Crippen LogP contribution >= 0.6 is 28.1 Å². The van der Waals surface area contributed by atoms with Crippen LogP contribution in [0.1, 0.15) is 36.2 Å². The highest BCUT2D eigenvalue weighted by atomic mass is 79.9. The van der Waals surface area contributed by atoms with Gasteiger partial charge in [0.25, 0.3) is 5.91 Å². The minimum absolute atomic E-state index is 0.259. The van der Waals surface area contributed by atoms with Gasteiger partial charge in [-0.1, -0.05) is 41.9 Å². The molecule has 2 aromatic rings. The summed E-state index contributed by atoms with van der Waals surface area (Å²) in [5.74, 6) is 1.72. The lowest BCUT2D eigenvalue weighted by Crippen LogP contribution is -2.38. The van der Waals surface area contributed by atoms with Crippen molar-refractivity contribution in [3.05, 3.63) is 58.1 Å². The second-order valence-electron chi connectivity index (χ2n) is 6.66. The average Bonchev–Trinajstić information content (AvgIpc) is 2.66. The second kappa shape index (κ2) is 11.0. The Morgan fingerprint density at radius 2 is 1.96 bits per heavy atom. The van der Waals surface area contributed by atoms with Crippen LogP contribution in [0.25, 0.3) is 0 Å². The van der Waals surface area contributed by atoms with Gasteiger partial charge < -0.3 is 14.8 Å². The number of hydrogen-bond donors (Lipinski definition) is 2. The first-order valence-electron chi connectivity index (χ1n) is 9.03. The SMILES string of the molecule is COc1cc(CNC(=S)NC(=O)c2cccc(Br)c2)ccc1OCCC(C)C. The number of amides is 1. The lowest BCUT2D eigenvalue weighted by molar-refractivity contribution is 0.0976. The molecule has 0 fully saturated rings. The van der Waals surface area contributed by atoms with E-state index in [4.69, 9.17) is 21.7 Å². The lowest BCUT2D eigenvalue weighted by atomic mass is 10.1. The number of carbonyl (C=O) groups excluding carboxylic acids is 1. The molecule has 2 N–H and O–H groups in total. The molecule has 5 nitrogen and oxygen atoms in total. The Labute approximate surface area is 179 Å². The Balaban J connectivity index is 1.89. The van der Waals surface area contributed by atoms with E-state index in [1.54, 1.807) is 25.3 Å². The van der Waals surface area contributed by atoms with E-state index in [1.807, 2.05) is 24.3 Å². The van der Waals surface area contributed by atoms with Crippen LogP contribution in [0.5, 0.6) is 11.5 Å². The standard InChI is InChI=1S/C21H25BrN2O3S/c1-14(2)9-10-27-18-8-7-15(11-19(18)26-3)13-23-21(28)24-20(25)16-5-4-6-17(22)12-16/h4-8,11-12,14H,9-10,13H2,1-3H3,(H2,23,24,25,28). The normalized spacial score (nSPS) is 10.5. The maximum absolute atomic E-state index is 12.2. The Kier molecular flexibility index (Phi) is 8.73. The average molecular weight is 465 g/mol. The van der Waals surface area contributed by atoms with Gasteiger partial charge in [-0.15, -0.1) is 0 Å². The van der Waals surface area contributed by atoms with Crippen molar-refractivity contribution >= 4 is 39.2 Å². The fourth-order valence-electron chi connectivity index (χ4n) is 2.38. The highest BCUT2D eigenvalue weighted by molar-refractivity contribution is 9.10. The van der Waals surface area contributed by atoms with Crippen LogP contribution in [0, 0.1) is 5.92 Å². The van der Waals surface area contributed by atoms with Gasteiger partial charge in [0.15, 0.2) is 16.6 Å². The summed E-state index contributed by atoms with van der Waals surface area (Å²) in [6, 6.07) is 12.9. The van der Waals surface area contributed by atoms with E-state index in [-0.39, 0.29) is 11.0 Å². The van der Waals surface area contributed by atoms with Crippen LogP contribution < -0.4 is 20.1 Å². The molecule has 0 aliphatic rings. The summed E-state index contributed by atoms with van der Waals surface area (Å²) in [6.45, 7) is 5.43. The number of halogens is 1. The Morgan fingerprint density at radius 1 is 1.18 bits per heavy atom. The zero-order chi connectivity index (χ0) is 20.5. The van der Waals surface area contributed by atoms with Gasteiger partial charge in [0.1, 0.15) is 0 Å². The van der Waals surface area contributed by atoms with Gasteiger partial charge in [0, 0.05) is 16.6 Å². The van der Waals surface area contributed by atoms with Gasteiger partial charge in [-0.05, 0) is 60.5 Å². The molecule has 150 valence electrons. The molecule has 0 atom stereocenters. The van der Waals surface area contributed by atoms with Crippen molar-refractivity contribution in [1.29, 1.82) is 0 Å². The van der Waals surface area contributed by atoms with Crippen molar-refractivity contribution in [1.82, 2.24) is 10.6 Å². The highest BCUT2D eigenvalue weighted by Gasteiger charge is 2.10. The fourth-order valence-corrected chi connectivity index (χ4v) is 2.94. The van der Waals surface area contributed by atoms with Crippen molar-refractivity contribution < 1.29 is 14.3 Å². The molecule has 2 rings (SSSR count). The smallest absolute Gasteiger partial charge is 0.257 e. The molecule has 0 spiro atoms. The van der Waals surface area contributed by atoms with Gasteiger partial charge >= 0.3 is 0 Å². The number of hydrogen-bond acceptors (Lipinski definition) is 4. The molecule has 0 aliphatic carbocycles. The van der Waals surface area contributed by atoms with Crippen LogP contribution in [0.15, 0.2) is 46.9 Å². The monoisotopic (exact) mass is 464 g/mol. The van der Waals surface area contributed by atoms with Gasteiger partial charge in [-0.3, -0.25) is 10.1 Å². The summed E-state index contributed by atoms with van der Waals surface area (Å²) in [6.07, 6.45) is 0.985. The summed E-state index contributed by atoms with van der Waals surface area (Å²) >= 11 is 8.57. The molecule has 0 heterocycles. The van der Waals surface area contributed by atoms with Crippen molar-refractivity contribution in [2.75, 3.05) is 13.7 Å². The van der Waals surface area contributed by atoms with Gasteiger partial charge in [-0.25, -0.2) is 0 Å². The largest absolute Gasteiger partial charge is 0.493 e. The summed E-state index contributed by atoms with van der Waals surface area (Å²) in [4.78, 5) is 12.2. The predicted octanol–water partition coefficient (Wildman–Crippen LogP) is 4.69. The molecular formula is C21H25BrN2O3S. The van der Waals surface area contributed by atoms with E-state index >= 15 is 0 Å². The number of methoxy groups -OCH3 is 1. The van der Waals surface area contributed by atoms with Gasteiger partial charge in [-0.2, -0.15) is 0 Å². The molecule has 7 heteroatoms. The van der Waals surface area contributed by atoms with Crippen LogP contribution in [0.2, 0.25) is 0 Å². The molecule has 0 radical (unpaired) electrons. The predicted molar refractivity (Wildman–Crippen MR) is 119 cm³/mol. The van der Waals surface area contributed by atoms with Crippen LogP contribution in [0.3, 0.4) is 0 Å².